The van der Waals surface area contributed by atoms with Crippen LogP contribution in [0.2, 0.25) is 0 Å². The van der Waals surface area contributed by atoms with Gasteiger partial charge >= 0.3 is 10.0 Å². The molecule has 0 unspecified atom stereocenters. The highest BCUT2D eigenvalue weighted by Gasteiger charge is 2.34. The Morgan fingerprint density at radius 1 is 0.964 bits per heavy atom. The van der Waals surface area contributed by atoms with E-state index in [2.05, 4.69) is 4.72 Å². The number of anilines is 1. The molecule has 0 spiro atoms. The van der Waals surface area contributed by atoms with E-state index in [1.165, 1.54) is 24.3 Å². The second-order valence-corrected chi connectivity index (χ2v) is 8.74. The molecule has 3 aromatic rings. The fraction of sp³-hybridized carbons (Fsp3) is 0.190. The first-order valence-electron chi connectivity index (χ1n) is 8.85. The van der Waals surface area contributed by atoms with Crippen molar-refractivity contribution in [1.82, 2.24) is 0 Å². The van der Waals surface area contributed by atoms with Gasteiger partial charge in [-0.15, -0.1) is 0 Å². The molecule has 144 valence electrons. The molecule has 1 aliphatic rings. The molecule has 0 saturated heterocycles. The molecular formula is C21H19F2N2O2S+. The number of nitrogens with one attached hydrogen (secondary N) is 1. The fourth-order valence-electron chi connectivity index (χ4n) is 3.29. The van der Waals surface area contributed by atoms with Gasteiger partial charge in [0, 0.05) is 11.1 Å². The van der Waals surface area contributed by atoms with Crippen LogP contribution >= 0.6 is 0 Å². The lowest BCUT2D eigenvalue weighted by Crippen LogP contribution is -2.47. The summed E-state index contributed by atoms with van der Waals surface area (Å²) >= 11 is 0. The summed E-state index contributed by atoms with van der Waals surface area (Å²) in [4.78, 5) is 0. The molecule has 7 heteroatoms. The second-order valence-electron chi connectivity index (χ2n) is 6.90. The summed E-state index contributed by atoms with van der Waals surface area (Å²) in [5.41, 5.74) is 2.06. The molecule has 0 saturated carbocycles. The monoisotopic (exact) mass is 401 g/mol. The fourth-order valence-corrected chi connectivity index (χ4v) is 4.35. The Balaban J connectivity index is 1.71. The van der Waals surface area contributed by atoms with Crippen molar-refractivity contribution in [3.05, 3.63) is 83.6 Å². The number of rotatable bonds is 3. The molecule has 0 amide bonds. The van der Waals surface area contributed by atoms with E-state index in [1.54, 1.807) is 36.5 Å². The average Bonchev–Trinajstić information content (AvgIpc) is 2.67. The normalized spacial score (nSPS) is 15.5. The number of nitrogens with zero attached hydrogens (tertiary/aromatic N) is 1. The van der Waals surface area contributed by atoms with E-state index in [-0.39, 0.29) is 16.9 Å². The van der Waals surface area contributed by atoms with E-state index >= 15 is 0 Å². The van der Waals surface area contributed by atoms with Crippen molar-refractivity contribution in [1.29, 1.82) is 0 Å². The molecule has 28 heavy (non-hydrogen) atoms. The number of aromatic nitrogens is 1. The molecule has 4 nitrogen and oxygen atoms in total. The zero-order valence-electron chi connectivity index (χ0n) is 15.2. The van der Waals surface area contributed by atoms with Crippen LogP contribution in [0.15, 0.2) is 66.9 Å². The Morgan fingerprint density at radius 3 is 2.21 bits per heavy atom. The number of pyridine rings is 1. The minimum absolute atomic E-state index is 0.00975. The van der Waals surface area contributed by atoms with Crippen LogP contribution in [0.1, 0.15) is 16.7 Å². The zero-order chi connectivity index (χ0) is 19.9. The number of hydrogen-bond donors (Lipinski definition) is 1. The van der Waals surface area contributed by atoms with Gasteiger partial charge in [0.1, 0.15) is 12.3 Å². The summed E-state index contributed by atoms with van der Waals surface area (Å²) < 4.78 is 57.9. The van der Waals surface area contributed by atoms with Gasteiger partial charge < -0.3 is 0 Å². The summed E-state index contributed by atoms with van der Waals surface area (Å²) in [6.07, 6.45) is 1.79. The smallest absolute Gasteiger partial charge is 0.232 e. The van der Waals surface area contributed by atoms with Gasteiger partial charge in [-0.3, -0.25) is 0 Å². The number of sulfonamides is 1. The van der Waals surface area contributed by atoms with Crippen molar-refractivity contribution in [2.24, 2.45) is 0 Å². The molecule has 4 rings (SSSR count). The van der Waals surface area contributed by atoms with E-state index in [9.17, 15) is 17.2 Å². The third-order valence-corrected chi connectivity index (χ3v) is 6.12. The molecule has 2 aromatic carbocycles. The van der Waals surface area contributed by atoms with Gasteiger partial charge in [0.15, 0.2) is 0 Å². The lowest BCUT2D eigenvalue weighted by atomic mass is 9.97. The van der Waals surface area contributed by atoms with E-state index in [0.717, 1.165) is 5.56 Å². The highest BCUT2D eigenvalue weighted by Crippen LogP contribution is 2.37. The van der Waals surface area contributed by atoms with E-state index in [1.807, 2.05) is 17.6 Å². The number of fused-ring (bicyclic) bond motifs is 1. The summed E-state index contributed by atoms with van der Waals surface area (Å²) in [5.74, 6) is -2.65. The van der Waals surface area contributed by atoms with Gasteiger partial charge in [-0.1, -0.05) is 54.1 Å². The third-order valence-electron chi connectivity index (χ3n) is 4.90. The number of benzene rings is 2. The second kappa shape index (κ2) is 6.67. The SMILES string of the molecule is Cc1ccc(C(F)(F)c2ccc(-c3ccc[n+]4c3NS(=O)(=O)CC4)cc2)cc1. The molecule has 0 radical (unpaired) electrons. The first-order chi connectivity index (χ1) is 13.3. The van der Waals surface area contributed by atoms with Crippen molar-refractivity contribution in [3.63, 3.8) is 0 Å². The van der Waals surface area contributed by atoms with E-state index < -0.39 is 15.9 Å². The minimum Gasteiger partial charge on any atom is -0.232 e. The van der Waals surface area contributed by atoms with Crippen LogP contribution in [0.25, 0.3) is 11.1 Å². The summed E-state index contributed by atoms with van der Waals surface area (Å²) in [7, 11) is -3.39. The Bertz CT molecular complexity index is 1130. The maximum Gasteiger partial charge on any atom is 0.302 e. The molecule has 0 aliphatic carbocycles. The van der Waals surface area contributed by atoms with Crippen LogP contribution in [0.3, 0.4) is 0 Å². The van der Waals surface area contributed by atoms with E-state index in [0.29, 0.717) is 23.5 Å². The van der Waals surface area contributed by atoms with Crippen LogP contribution < -0.4 is 9.29 Å². The summed E-state index contributed by atoms with van der Waals surface area (Å²) in [6, 6.07) is 15.7. The first-order valence-corrected chi connectivity index (χ1v) is 10.5. The summed E-state index contributed by atoms with van der Waals surface area (Å²) in [5, 5.41) is 0. The molecule has 1 N–H and O–H groups in total. The van der Waals surface area contributed by atoms with Crippen LogP contribution in [0.4, 0.5) is 14.6 Å². The topological polar surface area (TPSA) is 50.1 Å². The minimum atomic E-state index is -3.39. The Hall–Kier alpha value is -2.80. The molecule has 0 atom stereocenters. The zero-order valence-corrected chi connectivity index (χ0v) is 16.0. The lowest BCUT2D eigenvalue weighted by molar-refractivity contribution is -0.679. The van der Waals surface area contributed by atoms with Crippen LogP contribution in [0.5, 0.6) is 0 Å². The third kappa shape index (κ3) is 3.38. The maximum absolute atomic E-state index is 14.8. The predicted molar refractivity (Wildman–Crippen MR) is 104 cm³/mol. The Labute approximate surface area is 162 Å². The van der Waals surface area contributed by atoms with Gasteiger partial charge in [0.25, 0.3) is 11.7 Å². The number of alkyl halides is 2. The van der Waals surface area contributed by atoms with Gasteiger partial charge in [-0.25, -0.2) is 4.57 Å². The Morgan fingerprint density at radius 2 is 1.57 bits per heavy atom. The predicted octanol–water partition coefficient (Wildman–Crippen LogP) is 3.84. The van der Waals surface area contributed by atoms with Gasteiger partial charge in [-0.05, 0) is 24.6 Å². The van der Waals surface area contributed by atoms with Crippen molar-refractivity contribution in [2.45, 2.75) is 19.4 Å². The molecule has 2 heterocycles. The number of hydrogen-bond acceptors (Lipinski definition) is 2. The lowest BCUT2D eigenvalue weighted by Gasteiger charge is -2.19. The van der Waals surface area contributed by atoms with Crippen LogP contribution in [-0.4, -0.2) is 14.2 Å². The molecule has 0 bridgehead atoms. The maximum atomic E-state index is 14.8. The number of halogens is 2. The summed E-state index contributed by atoms with van der Waals surface area (Å²) in [6.45, 7) is 2.20. The quantitative estimate of drug-likeness (QED) is 0.678. The van der Waals surface area contributed by atoms with Crippen molar-refractivity contribution in [3.8, 4) is 11.1 Å². The van der Waals surface area contributed by atoms with E-state index in [4.69, 9.17) is 0 Å². The molecule has 0 fully saturated rings. The largest absolute Gasteiger partial charge is 0.302 e. The van der Waals surface area contributed by atoms with Gasteiger partial charge in [0.2, 0.25) is 0 Å². The Kier molecular flexibility index (Phi) is 4.42. The van der Waals surface area contributed by atoms with Crippen LogP contribution in [-0.2, 0) is 22.5 Å². The van der Waals surface area contributed by atoms with Crippen molar-refractivity contribution < 1.29 is 21.8 Å². The molecular weight excluding hydrogens is 382 g/mol. The average molecular weight is 401 g/mol. The first kappa shape index (κ1) is 18.6. The highest BCUT2D eigenvalue weighted by molar-refractivity contribution is 7.92. The van der Waals surface area contributed by atoms with Gasteiger partial charge in [-0.2, -0.15) is 21.9 Å². The standard InChI is InChI=1S/C21H18F2N2O2S/c1-15-4-8-17(9-5-15)21(22,23)18-10-6-16(7-11-18)19-3-2-12-25-13-14-28(26,27)24-20(19)25/h2-12H,13-14H2,1H3/p+1. The molecule has 1 aliphatic heterocycles. The van der Waals surface area contributed by atoms with Crippen molar-refractivity contribution in [2.75, 3.05) is 10.5 Å². The molecule has 1 aromatic heterocycles. The van der Waals surface area contributed by atoms with Crippen molar-refractivity contribution >= 4 is 15.8 Å². The highest BCUT2D eigenvalue weighted by atomic mass is 32.2. The number of aryl methyl sites for hydroxylation is 2. The van der Waals surface area contributed by atoms with Crippen LogP contribution in [0, 0.1) is 6.92 Å². The van der Waals surface area contributed by atoms with Gasteiger partial charge in [0.05, 0.1) is 11.8 Å².